The molecule has 174 valence electrons. The molecule has 2 N–H and O–H groups in total. The minimum atomic E-state index is -4.83. The lowest BCUT2D eigenvalue weighted by Crippen LogP contribution is -2.53. The molecule has 1 aliphatic rings. The van der Waals surface area contributed by atoms with Gasteiger partial charge in [0.1, 0.15) is 5.75 Å². The van der Waals surface area contributed by atoms with Crippen LogP contribution in [0.5, 0.6) is 5.75 Å². The highest BCUT2D eigenvalue weighted by Crippen LogP contribution is 2.41. The molecule has 3 rings (SSSR count). The van der Waals surface area contributed by atoms with E-state index in [1.54, 1.807) is 0 Å². The Bertz CT molecular complexity index is 1090. The van der Waals surface area contributed by atoms with Gasteiger partial charge >= 0.3 is 6.18 Å². The third-order valence-corrected chi connectivity index (χ3v) is 7.13. The summed E-state index contributed by atoms with van der Waals surface area (Å²) in [5, 5.41) is 4.05. The van der Waals surface area contributed by atoms with Crippen LogP contribution >= 0.6 is 11.6 Å². The minimum Gasteiger partial charge on any atom is -0.497 e. The van der Waals surface area contributed by atoms with Crippen molar-refractivity contribution in [3.8, 4) is 5.75 Å². The fourth-order valence-electron chi connectivity index (χ4n) is 4.01. The van der Waals surface area contributed by atoms with E-state index in [4.69, 9.17) is 21.5 Å². The molecule has 2 unspecified atom stereocenters. The van der Waals surface area contributed by atoms with Crippen LogP contribution in [-0.2, 0) is 16.2 Å². The molecule has 6 nitrogen and oxygen atoms in total. The molecular weight excluding hydrogens is 469 g/mol. The van der Waals surface area contributed by atoms with Gasteiger partial charge in [-0.25, -0.2) is 13.6 Å². The number of alkyl halides is 3. The van der Waals surface area contributed by atoms with E-state index in [1.165, 1.54) is 37.4 Å². The van der Waals surface area contributed by atoms with Gasteiger partial charge in [-0.2, -0.15) is 13.2 Å². The van der Waals surface area contributed by atoms with Gasteiger partial charge in [-0.3, -0.25) is 4.79 Å². The number of carbonyl (C=O) groups excluding carboxylic acids is 1. The number of anilines is 1. The quantitative estimate of drug-likeness (QED) is 0.662. The van der Waals surface area contributed by atoms with E-state index in [2.05, 4.69) is 0 Å². The number of benzene rings is 2. The highest BCUT2D eigenvalue weighted by atomic mass is 35.5. The van der Waals surface area contributed by atoms with Gasteiger partial charge in [0, 0.05) is 10.6 Å². The summed E-state index contributed by atoms with van der Waals surface area (Å²) in [5.74, 6) is -0.323. The van der Waals surface area contributed by atoms with Crippen molar-refractivity contribution in [2.75, 3.05) is 12.0 Å². The average Bonchev–Trinajstić information content (AvgIpc) is 2.74. The van der Waals surface area contributed by atoms with Crippen molar-refractivity contribution >= 4 is 33.2 Å². The van der Waals surface area contributed by atoms with Gasteiger partial charge in [0.15, 0.2) is 0 Å². The Morgan fingerprint density at radius 3 is 2.31 bits per heavy atom. The molecule has 0 saturated heterocycles. The predicted molar refractivity (Wildman–Crippen MR) is 115 cm³/mol. The molecule has 2 atom stereocenters. The number of halogens is 4. The first kappa shape index (κ1) is 24.3. The van der Waals surface area contributed by atoms with Crippen molar-refractivity contribution in [1.29, 1.82) is 0 Å². The maximum absolute atomic E-state index is 13.9. The number of rotatable bonds is 5. The van der Waals surface area contributed by atoms with Crippen LogP contribution in [-0.4, -0.2) is 32.7 Å². The second kappa shape index (κ2) is 9.29. The normalized spacial score (nSPS) is 19.4. The number of ether oxygens (including phenoxy) is 1. The molecule has 0 heterocycles. The topological polar surface area (TPSA) is 89.7 Å². The minimum absolute atomic E-state index is 0.0765. The van der Waals surface area contributed by atoms with Crippen LogP contribution in [0.25, 0.3) is 0 Å². The van der Waals surface area contributed by atoms with Crippen LogP contribution in [0.3, 0.4) is 0 Å². The zero-order chi connectivity index (χ0) is 23.7. The molecule has 1 aliphatic carbocycles. The zero-order valence-corrected chi connectivity index (χ0v) is 18.7. The van der Waals surface area contributed by atoms with E-state index in [0.29, 0.717) is 18.6 Å². The van der Waals surface area contributed by atoms with Crippen molar-refractivity contribution in [3.05, 3.63) is 58.6 Å². The summed E-state index contributed by atoms with van der Waals surface area (Å²) in [7, 11) is -2.70. The summed E-state index contributed by atoms with van der Waals surface area (Å²) >= 11 is 5.81. The number of nitrogens with two attached hydrogens (primary N) is 1. The number of sulfonamides is 1. The van der Waals surface area contributed by atoms with Crippen LogP contribution in [0.15, 0.2) is 42.5 Å². The summed E-state index contributed by atoms with van der Waals surface area (Å²) < 4.78 is 71.3. The van der Waals surface area contributed by atoms with Crippen molar-refractivity contribution in [2.45, 2.75) is 43.2 Å². The van der Waals surface area contributed by atoms with Gasteiger partial charge in [0.05, 0.1) is 29.7 Å². The SMILES string of the molecule is COc1ccc(C(=O)N(c2ccc(Cl)cc2C(F)(F)F)C2CCCCC2S(N)(=O)=O)cc1. The summed E-state index contributed by atoms with van der Waals surface area (Å²) in [6.45, 7) is 0. The summed E-state index contributed by atoms with van der Waals surface area (Å²) in [6, 6.07) is 7.77. The number of hydrogen-bond donors (Lipinski definition) is 1. The van der Waals surface area contributed by atoms with E-state index in [0.717, 1.165) is 17.0 Å². The molecule has 2 aromatic rings. The second-order valence-electron chi connectivity index (χ2n) is 7.54. The largest absolute Gasteiger partial charge is 0.497 e. The van der Waals surface area contributed by atoms with Gasteiger partial charge in [0.2, 0.25) is 10.0 Å². The Kier molecular flexibility index (Phi) is 7.06. The maximum atomic E-state index is 13.9. The van der Waals surface area contributed by atoms with Crippen molar-refractivity contribution in [2.24, 2.45) is 5.14 Å². The lowest BCUT2D eigenvalue weighted by Gasteiger charge is -2.40. The van der Waals surface area contributed by atoms with E-state index < -0.39 is 44.6 Å². The lowest BCUT2D eigenvalue weighted by molar-refractivity contribution is -0.137. The summed E-state index contributed by atoms with van der Waals surface area (Å²) in [4.78, 5) is 14.4. The smallest absolute Gasteiger partial charge is 0.418 e. The number of carbonyl (C=O) groups is 1. The van der Waals surface area contributed by atoms with Gasteiger partial charge in [-0.1, -0.05) is 24.4 Å². The van der Waals surface area contributed by atoms with E-state index in [-0.39, 0.29) is 23.4 Å². The Hall–Kier alpha value is -2.30. The van der Waals surface area contributed by atoms with Crippen molar-refractivity contribution in [1.82, 2.24) is 0 Å². The molecule has 0 aromatic heterocycles. The fourth-order valence-corrected chi connectivity index (χ4v) is 5.38. The maximum Gasteiger partial charge on any atom is 0.418 e. The zero-order valence-electron chi connectivity index (χ0n) is 17.1. The molecule has 2 aromatic carbocycles. The third-order valence-electron chi connectivity index (χ3n) is 5.50. The Morgan fingerprint density at radius 1 is 1.12 bits per heavy atom. The average molecular weight is 491 g/mol. The third kappa shape index (κ3) is 5.19. The number of methoxy groups -OCH3 is 1. The van der Waals surface area contributed by atoms with E-state index >= 15 is 0 Å². The fraction of sp³-hybridized carbons (Fsp3) is 0.381. The van der Waals surface area contributed by atoms with Crippen molar-refractivity contribution < 1.29 is 31.1 Å². The summed E-state index contributed by atoms with van der Waals surface area (Å²) in [5.41, 5.74) is -1.53. The molecular formula is C21H22ClF3N2O4S. The molecule has 0 bridgehead atoms. The number of amides is 1. The second-order valence-corrected chi connectivity index (χ2v) is 9.76. The van der Waals surface area contributed by atoms with Gasteiger partial charge in [0.25, 0.3) is 5.91 Å². The predicted octanol–water partition coefficient (Wildman–Crippen LogP) is 4.61. The van der Waals surface area contributed by atoms with Crippen LogP contribution in [0.2, 0.25) is 5.02 Å². The Balaban J connectivity index is 2.21. The monoisotopic (exact) mass is 490 g/mol. The number of nitrogens with zero attached hydrogens (tertiary/aromatic N) is 1. The molecule has 0 spiro atoms. The van der Waals surface area contributed by atoms with E-state index in [1.807, 2.05) is 0 Å². The standard InChI is InChI=1S/C21H22ClF3N2O4S/c1-31-15-9-6-13(7-10-15)20(28)27(18-4-2-3-5-19(18)32(26,29)30)17-11-8-14(22)12-16(17)21(23,24)25/h6-12,18-19H,2-5H2,1H3,(H2,26,29,30). The first-order valence-electron chi connectivity index (χ1n) is 9.79. The lowest BCUT2D eigenvalue weighted by atomic mass is 9.92. The van der Waals surface area contributed by atoms with Crippen LogP contribution < -0.4 is 14.8 Å². The van der Waals surface area contributed by atoms with Gasteiger partial charge in [-0.15, -0.1) is 0 Å². The molecule has 11 heteroatoms. The van der Waals surface area contributed by atoms with Crippen LogP contribution in [0.1, 0.15) is 41.6 Å². The first-order valence-corrected chi connectivity index (χ1v) is 11.8. The van der Waals surface area contributed by atoms with Crippen molar-refractivity contribution in [3.63, 3.8) is 0 Å². The molecule has 1 fully saturated rings. The van der Waals surface area contributed by atoms with Crippen LogP contribution in [0, 0.1) is 0 Å². The summed E-state index contributed by atoms with van der Waals surface area (Å²) in [6.07, 6.45) is -3.43. The molecule has 0 aliphatic heterocycles. The van der Waals surface area contributed by atoms with Crippen LogP contribution in [0.4, 0.5) is 18.9 Å². The van der Waals surface area contributed by atoms with Gasteiger partial charge in [-0.05, 0) is 55.3 Å². The van der Waals surface area contributed by atoms with E-state index in [9.17, 15) is 26.4 Å². The molecule has 0 radical (unpaired) electrons. The van der Waals surface area contributed by atoms with Gasteiger partial charge < -0.3 is 9.64 Å². The molecule has 1 saturated carbocycles. The highest BCUT2D eigenvalue weighted by Gasteiger charge is 2.43. The Labute approximate surface area is 189 Å². The number of hydrogen-bond acceptors (Lipinski definition) is 4. The Morgan fingerprint density at radius 2 is 1.75 bits per heavy atom. The first-order chi connectivity index (χ1) is 14.9. The molecule has 1 amide bonds. The molecule has 32 heavy (non-hydrogen) atoms. The highest BCUT2D eigenvalue weighted by molar-refractivity contribution is 7.89. The number of primary sulfonamides is 1.